The summed E-state index contributed by atoms with van der Waals surface area (Å²) in [6.45, 7) is 5.11. The molecule has 0 amide bonds. The highest BCUT2D eigenvalue weighted by Gasteiger charge is 2.37. The van der Waals surface area contributed by atoms with E-state index in [9.17, 15) is 13.6 Å². The number of ketones is 1. The summed E-state index contributed by atoms with van der Waals surface area (Å²) in [6.07, 6.45) is 2.77. The van der Waals surface area contributed by atoms with Gasteiger partial charge in [-0.2, -0.15) is 19.7 Å². The number of ether oxygens (including phenoxy) is 1. The van der Waals surface area contributed by atoms with Gasteiger partial charge in [-0.1, -0.05) is 18.2 Å². The molecule has 43 heavy (non-hydrogen) atoms. The Balaban J connectivity index is 1.30. The largest absolute Gasteiger partial charge is 0.383 e. The molecule has 0 aliphatic carbocycles. The Bertz CT molecular complexity index is 1770. The molecular formula is C31H31F2N7O3. The molecule has 12 heteroatoms. The lowest BCUT2D eigenvalue weighted by molar-refractivity contribution is -0.155. The van der Waals surface area contributed by atoms with Crippen molar-refractivity contribution in [3.8, 4) is 16.9 Å². The van der Waals surface area contributed by atoms with Crippen LogP contribution in [-0.2, 0) is 20.8 Å². The predicted molar refractivity (Wildman–Crippen MR) is 153 cm³/mol. The standard InChI is InChI=1S/C31H31F2N7O3/c1-19-27(15-25(41)13-23-17-38(11-12-42-3)43-30(23)22-14-26(32)31(33)34-16-22)40(24-7-5-4-6-8-24)37-29(19)21-9-10-28-35-20(2)36-39(28)18-21/h4-10,14,16,18,23,30H,11-13,15,17H2,1-3H3/t23-,30+/m1/s1. The molecule has 1 aliphatic rings. The first-order valence-corrected chi connectivity index (χ1v) is 14.0. The molecule has 1 aromatic carbocycles. The number of aryl methyl sites for hydroxylation is 1. The van der Waals surface area contributed by atoms with Crippen molar-refractivity contribution in [3.63, 3.8) is 0 Å². The van der Waals surface area contributed by atoms with Gasteiger partial charge >= 0.3 is 0 Å². The fourth-order valence-corrected chi connectivity index (χ4v) is 5.56. The van der Waals surface area contributed by atoms with Gasteiger partial charge in [0.05, 0.1) is 23.7 Å². The van der Waals surface area contributed by atoms with Gasteiger partial charge in [0.2, 0.25) is 5.95 Å². The van der Waals surface area contributed by atoms with E-state index in [4.69, 9.17) is 14.7 Å². The Morgan fingerprint density at radius 2 is 1.93 bits per heavy atom. The van der Waals surface area contributed by atoms with E-state index in [1.807, 2.05) is 67.2 Å². The Morgan fingerprint density at radius 3 is 2.70 bits per heavy atom. The van der Waals surface area contributed by atoms with Crippen LogP contribution in [0.1, 0.15) is 35.2 Å². The number of hydroxylamine groups is 2. The van der Waals surface area contributed by atoms with Gasteiger partial charge in [0.1, 0.15) is 17.7 Å². The van der Waals surface area contributed by atoms with Crippen LogP contribution < -0.4 is 0 Å². The molecule has 4 aromatic heterocycles. The number of fused-ring (bicyclic) bond motifs is 1. The van der Waals surface area contributed by atoms with E-state index in [1.165, 1.54) is 6.20 Å². The Labute approximate surface area is 246 Å². The maximum atomic E-state index is 14.1. The molecule has 6 rings (SSSR count). The van der Waals surface area contributed by atoms with Crippen LogP contribution >= 0.6 is 0 Å². The highest BCUT2D eigenvalue weighted by atomic mass is 19.2. The van der Waals surface area contributed by atoms with Crippen LogP contribution in [0.3, 0.4) is 0 Å². The zero-order valence-electron chi connectivity index (χ0n) is 24.1. The summed E-state index contributed by atoms with van der Waals surface area (Å²) in [5.41, 5.74) is 5.17. The molecule has 0 radical (unpaired) electrons. The van der Waals surface area contributed by atoms with E-state index in [2.05, 4.69) is 15.1 Å². The number of benzene rings is 1. The van der Waals surface area contributed by atoms with Crippen LogP contribution in [-0.4, -0.2) is 67.0 Å². The van der Waals surface area contributed by atoms with Crippen LogP contribution in [0, 0.1) is 31.5 Å². The van der Waals surface area contributed by atoms with E-state index in [0.29, 0.717) is 31.1 Å². The number of carbonyl (C=O) groups is 1. The second-order valence-electron chi connectivity index (χ2n) is 10.7. The fourth-order valence-electron chi connectivity index (χ4n) is 5.56. The third-order valence-electron chi connectivity index (χ3n) is 7.63. The summed E-state index contributed by atoms with van der Waals surface area (Å²) in [4.78, 5) is 27.7. The van der Waals surface area contributed by atoms with Crippen LogP contribution in [0.15, 0.2) is 60.9 Å². The summed E-state index contributed by atoms with van der Waals surface area (Å²) in [7, 11) is 1.59. The highest BCUT2D eigenvalue weighted by molar-refractivity contribution is 5.82. The van der Waals surface area contributed by atoms with Crippen molar-refractivity contribution in [2.45, 2.75) is 32.8 Å². The summed E-state index contributed by atoms with van der Waals surface area (Å²) in [5.74, 6) is -1.90. The number of pyridine rings is 2. The molecule has 1 saturated heterocycles. The summed E-state index contributed by atoms with van der Waals surface area (Å²) in [5, 5.41) is 11.1. The first kappa shape index (κ1) is 28.7. The van der Waals surface area contributed by atoms with Crippen LogP contribution in [0.5, 0.6) is 0 Å². The zero-order chi connectivity index (χ0) is 30.1. The maximum Gasteiger partial charge on any atom is 0.248 e. The highest BCUT2D eigenvalue weighted by Crippen LogP contribution is 2.37. The Hall–Kier alpha value is -4.39. The average Bonchev–Trinajstić information content (AvgIpc) is 3.67. The van der Waals surface area contributed by atoms with Crippen molar-refractivity contribution < 1.29 is 23.1 Å². The predicted octanol–water partition coefficient (Wildman–Crippen LogP) is 4.62. The third-order valence-corrected chi connectivity index (χ3v) is 7.63. The first-order valence-electron chi connectivity index (χ1n) is 14.0. The molecule has 1 fully saturated rings. The topological polar surface area (TPSA) is 99.7 Å². The molecule has 0 unspecified atom stereocenters. The van der Waals surface area contributed by atoms with Gasteiger partial charge in [-0.05, 0) is 49.7 Å². The van der Waals surface area contributed by atoms with Crippen molar-refractivity contribution >= 4 is 11.4 Å². The van der Waals surface area contributed by atoms with E-state index in [0.717, 1.165) is 39.9 Å². The molecule has 10 nitrogen and oxygen atoms in total. The molecule has 5 heterocycles. The van der Waals surface area contributed by atoms with Gasteiger partial charge in [-0.25, -0.2) is 23.6 Å². The van der Waals surface area contributed by atoms with Gasteiger partial charge in [0.25, 0.3) is 0 Å². The zero-order valence-corrected chi connectivity index (χ0v) is 24.1. The van der Waals surface area contributed by atoms with E-state index >= 15 is 0 Å². The monoisotopic (exact) mass is 587 g/mol. The van der Waals surface area contributed by atoms with Crippen molar-refractivity contribution in [2.75, 3.05) is 26.8 Å². The number of halogens is 2. The third kappa shape index (κ3) is 5.94. The number of para-hydroxylation sites is 1. The Morgan fingerprint density at radius 1 is 1.12 bits per heavy atom. The average molecular weight is 588 g/mol. The van der Waals surface area contributed by atoms with Gasteiger partial charge in [-0.15, -0.1) is 0 Å². The molecule has 1 aliphatic heterocycles. The summed E-state index contributed by atoms with van der Waals surface area (Å²) >= 11 is 0. The minimum absolute atomic E-state index is 0.0307. The van der Waals surface area contributed by atoms with Gasteiger partial charge in [0, 0.05) is 62.5 Å². The van der Waals surface area contributed by atoms with Crippen LogP contribution in [0.2, 0.25) is 0 Å². The van der Waals surface area contributed by atoms with Gasteiger partial charge in [0.15, 0.2) is 11.5 Å². The number of nitrogens with zero attached hydrogens (tertiary/aromatic N) is 7. The summed E-state index contributed by atoms with van der Waals surface area (Å²) < 4.78 is 36.4. The molecule has 0 spiro atoms. The molecule has 0 saturated carbocycles. The molecule has 0 N–H and O–H groups in total. The molecule has 0 bridgehead atoms. The number of carbonyl (C=O) groups excluding carboxylic acids is 1. The second-order valence-corrected chi connectivity index (χ2v) is 10.7. The van der Waals surface area contributed by atoms with Gasteiger partial charge in [-0.3, -0.25) is 9.63 Å². The van der Waals surface area contributed by atoms with E-state index in [-0.39, 0.29) is 24.5 Å². The molecule has 2 atom stereocenters. The number of hydrogen-bond acceptors (Lipinski definition) is 8. The summed E-state index contributed by atoms with van der Waals surface area (Å²) in [6, 6.07) is 14.6. The molecule has 222 valence electrons. The number of Topliss-reactive ketones (excluding diaryl/α,β-unsaturated/α-hetero) is 1. The quantitative estimate of drug-likeness (QED) is 0.218. The number of aromatic nitrogens is 6. The number of hydrogen-bond donors (Lipinski definition) is 0. The number of rotatable bonds is 10. The lowest BCUT2D eigenvalue weighted by atomic mass is 9.91. The van der Waals surface area contributed by atoms with Crippen molar-refractivity contribution in [2.24, 2.45) is 5.92 Å². The smallest absolute Gasteiger partial charge is 0.248 e. The minimum atomic E-state index is -1.18. The van der Waals surface area contributed by atoms with E-state index in [1.54, 1.807) is 16.7 Å². The Kier molecular flexibility index (Phi) is 8.06. The van der Waals surface area contributed by atoms with Crippen molar-refractivity contribution in [1.29, 1.82) is 0 Å². The van der Waals surface area contributed by atoms with Crippen molar-refractivity contribution in [3.05, 3.63) is 95.3 Å². The van der Waals surface area contributed by atoms with Crippen molar-refractivity contribution in [1.82, 2.24) is 34.4 Å². The van der Waals surface area contributed by atoms with E-state index < -0.39 is 17.9 Å². The van der Waals surface area contributed by atoms with Crippen LogP contribution in [0.25, 0.3) is 22.6 Å². The number of methoxy groups -OCH3 is 1. The second kappa shape index (κ2) is 12.1. The minimum Gasteiger partial charge on any atom is -0.383 e. The molecular weight excluding hydrogens is 556 g/mol. The maximum absolute atomic E-state index is 14.1. The lowest BCUT2D eigenvalue weighted by Crippen LogP contribution is -2.24. The van der Waals surface area contributed by atoms with Gasteiger partial charge < -0.3 is 4.74 Å². The normalized spacial score (nSPS) is 17.2. The first-order chi connectivity index (χ1) is 20.8. The van der Waals surface area contributed by atoms with Crippen LogP contribution in [0.4, 0.5) is 8.78 Å². The molecule has 5 aromatic rings. The SMILES string of the molecule is COCCN1C[C@@H](CC(=O)Cc2c(C)c(-c3ccc4nc(C)nn4c3)nn2-c2ccccc2)[C@H](c2cnc(F)c(F)c2)O1. The fraction of sp³-hybridized carbons (Fsp3) is 0.323. The lowest BCUT2D eigenvalue weighted by Gasteiger charge is -2.17.